The molecule has 0 aliphatic rings. The summed E-state index contributed by atoms with van der Waals surface area (Å²) in [5, 5.41) is 0.0405. The lowest BCUT2D eigenvalue weighted by Gasteiger charge is -2.18. The highest BCUT2D eigenvalue weighted by atomic mass is 35.5. The van der Waals surface area contributed by atoms with Gasteiger partial charge >= 0.3 is 0 Å². The first-order valence-electron chi connectivity index (χ1n) is 6.17. The quantitative estimate of drug-likeness (QED) is 0.667. The average molecular weight is 297 g/mol. The molecule has 2 rings (SSSR count). The van der Waals surface area contributed by atoms with E-state index >= 15 is 0 Å². The van der Waals surface area contributed by atoms with Gasteiger partial charge in [0.05, 0.1) is 11.1 Å². The third-order valence-corrected chi connectivity index (χ3v) is 3.57. The van der Waals surface area contributed by atoms with Crippen molar-refractivity contribution in [3.63, 3.8) is 0 Å². The van der Waals surface area contributed by atoms with Crippen molar-refractivity contribution < 1.29 is 8.78 Å². The number of nitrogens with one attached hydrogen (secondary N) is 1. The zero-order chi connectivity index (χ0) is 14.7. The summed E-state index contributed by atoms with van der Waals surface area (Å²) in [6.07, 6.45) is 0.488. The summed E-state index contributed by atoms with van der Waals surface area (Å²) in [5.74, 6) is 4.78. The highest BCUT2D eigenvalue weighted by Crippen LogP contribution is 2.24. The molecule has 20 heavy (non-hydrogen) atoms. The van der Waals surface area contributed by atoms with E-state index < -0.39 is 5.82 Å². The van der Waals surface area contributed by atoms with Gasteiger partial charge in [0, 0.05) is 0 Å². The number of hydrazine groups is 1. The van der Waals surface area contributed by atoms with Crippen LogP contribution in [0.2, 0.25) is 5.02 Å². The van der Waals surface area contributed by atoms with E-state index in [1.54, 1.807) is 12.1 Å². The molecule has 2 nitrogen and oxygen atoms in total. The average Bonchev–Trinajstić information content (AvgIpc) is 2.43. The van der Waals surface area contributed by atoms with Crippen LogP contribution in [0.4, 0.5) is 8.78 Å². The van der Waals surface area contributed by atoms with E-state index in [1.807, 2.05) is 6.92 Å². The largest absolute Gasteiger partial charge is 0.271 e. The van der Waals surface area contributed by atoms with Crippen LogP contribution in [0.3, 0.4) is 0 Å². The third kappa shape index (κ3) is 3.33. The van der Waals surface area contributed by atoms with Crippen molar-refractivity contribution in [1.82, 2.24) is 5.43 Å². The fourth-order valence-electron chi connectivity index (χ4n) is 2.08. The molecule has 0 aliphatic carbocycles. The molecule has 0 amide bonds. The lowest BCUT2D eigenvalue weighted by Crippen LogP contribution is -2.29. The van der Waals surface area contributed by atoms with Gasteiger partial charge in [-0.15, -0.1) is 0 Å². The van der Waals surface area contributed by atoms with Crippen LogP contribution in [0.1, 0.15) is 22.7 Å². The topological polar surface area (TPSA) is 38.0 Å². The zero-order valence-corrected chi connectivity index (χ0v) is 11.7. The van der Waals surface area contributed by atoms with Crippen LogP contribution in [0.5, 0.6) is 0 Å². The van der Waals surface area contributed by atoms with Gasteiger partial charge in [0.25, 0.3) is 0 Å². The van der Waals surface area contributed by atoms with Gasteiger partial charge in [-0.3, -0.25) is 11.3 Å². The predicted molar refractivity (Wildman–Crippen MR) is 76.3 cm³/mol. The molecule has 0 aromatic heterocycles. The Morgan fingerprint density at radius 1 is 1.20 bits per heavy atom. The third-order valence-electron chi connectivity index (χ3n) is 3.28. The molecular formula is C15H15ClF2N2. The van der Waals surface area contributed by atoms with E-state index in [0.29, 0.717) is 6.42 Å². The Morgan fingerprint density at radius 2 is 1.95 bits per heavy atom. The normalized spacial score (nSPS) is 12.4. The van der Waals surface area contributed by atoms with Gasteiger partial charge in [-0.05, 0) is 54.3 Å². The number of rotatable bonds is 4. The van der Waals surface area contributed by atoms with Crippen molar-refractivity contribution in [2.75, 3.05) is 0 Å². The number of aryl methyl sites for hydroxylation is 1. The maximum absolute atomic E-state index is 13.3. The number of benzene rings is 2. The summed E-state index contributed by atoms with van der Waals surface area (Å²) >= 11 is 5.77. The van der Waals surface area contributed by atoms with Gasteiger partial charge in [0.2, 0.25) is 0 Å². The molecule has 1 atom stereocenters. The maximum Gasteiger partial charge on any atom is 0.141 e. The van der Waals surface area contributed by atoms with E-state index in [-0.39, 0.29) is 16.9 Å². The predicted octanol–water partition coefficient (Wildman–Crippen LogP) is 3.67. The second-order valence-corrected chi connectivity index (χ2v) is 5.07. The number of hydrogen-bond donors (Lipinski definition) is 2. The van der Waals surface area contributed by atoms with E-state index in [1.165, 1.54) is 24.3 Å². The first-order valence-corrected chi connectivity index (χ1v) is 6.55. The zero-order valence-electron chi connectivity index (χ0n) is 11.0. The minimum absolute atomic E-state index is 0.0405. The van der Waals surface area contributed by atoms with Gasteiger partial charge < -0.3 is 0 Å². The van der Waals surface area contributed by atoms with Crippen molar-refractivity contribution in [1.29, 1.82) is 0 Å². The lowest BCUT2D eigenvalue weighted by molar-refractivity contribution is 0.545. The molecule has 2 aromatic rings. The fourth-order valence-corrected chi connectivity index (χ4v) is 2.27. The Hall–Kier alpha value is -1.49. The molecule has 0 spiro atoms. The summed E-state index contributed by atoms with van der Waals surface area (Å²) in [4.78, 5) is 0. The van der Waals surface area contributed by atoms with Crippen LogP contribution in [-0.2, 0) is 6.42 Å². The minimum atomic E-state index is -0.479. The fraction of sp³-hybridized carbons (Fsp3) is 0.200. The van der Waals surface area contributed by atoms with Crippen LogP contribution in [0.15, 0.2) is 36.4 Å². The summed E-state index contributed by atoms with van der Waals surface area (Å²) in [6, 6.07) is 8.77. The molecule has 0 aliphatic heterocycles. The molecule has 0 saturated heterocycles. The Balaban J connectivity index is 2.28. The molecular weight excluding hydrogens is 282 g/mol. The number of hydrogen-bond acceptors (Lipinski definition) is 2. The first-order chi connectivity index (χ1) is 9.51. The van der Waals surface area contributed by atoms with Crippen LogP contribution in [0.25, 0.3) is 0 Å². The molecule has 2 aromatic carbocycles. The minimum Gasteiger partial charge on any atom is -0.271 e. The Bertz CT molecular complexity index is 617. The van der Waals surface area contributed by atoms with E-state index in [2.05, 4.69) is 5.43 Å². The van der Waals surface area contributed by atoms with Crippen molar-refractivity contribution >= 4 is 11.6 Å². The SMILES string of the molecule is Cc1ccc(F)cc1CC(NN)c1ccc(F)c(Cl)c1. The van der Waals surface area contributed by atoms with Crippen molar-refractivity contribution in [2.24, 2.45) is 5.84 Å². The second-order valence-electron chi connectivity index (χ2n) is 4.67. The van der Waals surface area contributed by atoms with Crippen LogP contribution in [0, 0.1) is 18.6 Å². The Kier molecular flexibility index (Phi) is 4.70. The van der Waals surface area contributed by atoms with E-state index in [0.717, 1.165) is 16.7 Å². The maximum atomic E-state index is 13.3. The molecule has 5 heteroatoms. The number of nitrogens with two attached hydrogens (primary N) is 1. The summed E-state index contributed by atoms with van der Waals surface area (Å²) in [5.41, 5.74) is 5.22. The van der Waals surface area contributed by atoms with E-state index in [4.69, 9.17) is 17.4 Å². The van der Waals surface area contributed by atoms with Crippen molar-refractivity contribution in [2.45, 2.75) is 19.4 Å². The second kappa shape index (κ2) is 6.31. The Labute approximate surface area is 121 Å². The molecule has 0 heterocycles. The number of halogens is 3. The molecule has 0 radical (unpaired) electrons. The van der Waals surface area contributed by atoms with Crippen molar-refractivity contribution in [3.05, 3.63) is 69.7 Å². The molecule has 0 bridgehead atoms. The van der Waals surface area contributed by atoms with Crippen molar-refractivity contribution in [3.8, 4) is 0 Å². The first kappa shape index (κ1) is 14.9. The van der Waals surface area contributed by atoms with Gasteiger partial charge in [-0.2, -0.15) is 0 Å². The molecule has 106 valence electrons. The van der Waals surface area contributed by atoms with Gasteiger partial charge in [-0.25, -0.2) is 8.78 Å². The van der Waals surface area contributed by atoms with Gasteiger partial charge in [0.1, 0.15) is 11.6 Å². The molecule has 3 N–H and O–H groups in total. The summed E-state index contributed by atoms with van der Waals surface area (Å²) < 4.78 is 26.5. The van der Waals surface area contributed by atoms with Crippen LogP contribution in [-0.4, -0.2) is 0 Å². The molecule has 1 unspecified atom stereocenters. The molecule has 0 fully saturated rings. The Morgan fingerprint density at radius 3 is 2.60 bits per heavy atom. The van der Waals surface area contributed by atoms with Crippen LogP contribution < -0.4 is 11.3 Å². The monoisotopic (exact) mass is 296 g/mol. The highest BCUT2D eigenvalue weighted by molar-refractivity contribution is 6.30. The molecule has 0 saturated carbocycles. The smallest absolute Gasteiger partial charge is 0.141 e. The lowest BCUT2D eigenvalue weighted by atomic mass is 9.96. The highest BCUT2D eigenvalue weighted by Gasteiger charge is 2.14. The van der Waals surface area contributed by atoms with Gasteiger partial charge in [0.15, 0.2) is 0 Å². The van der Waals surface area contributed by atoms with E-state index in [9.17, 15) is 8.78 Å². The summed E-state index contributed by atoms with van der Waals surface area (Å²) in [7, 11) is 0. The summed E-state index contributed by atoms with van der Waals surface area (Å²) in [6.45, 7) is 1.90. The van der Waals surface area contributed by atoms with Crippen LogP contribution >= 0.6 is 11.6 Å². The van der Waals surface area contributed by atoms with Gasteiger partial charge in [-0.1, -0.05) is 23.7 Å². The standard InChI is InChI=1S/C15H15ClF2N2/c1-9-2-4-12(17)6-11(9)8-15(20-19)10-3-5-14(18)13(16)7-10/h2-7,15,20H,8,19H2,1H3.